The van der Waals surface area contributed by atoms with Crippen molar-refractivity contribution in [2.75, 3.05) is 20.8 Å². The van der Waals surface area contributed by atoms with E-state index in [1.165, 1.54) is 25.3 Å². The smallest absolute Gasteiger partial charge is 0.165 e. The highest BCUT2D eigenvalue weighted by atomic mass is 19.1. The van der Waals surface area contributed by atoms with Crippen LogP contribution in [0.25, 0.3) is 0 Å². The molecule has 0 aliphatic rings. The predicted octanol–water partition coefficient (Wildman–Crippen LogP) is 1.77. The fraction of sp³-hybridized carbons (Fsp3) is 0.462. The Kier molecular flexibility index (Phi) is 5.74. The molecule has 1 aromatic rings. The highest BCUT2D eigenvalue weighted by Crippen LogP contribution is 2.18. The number of methoxy groups -OCH3 is 2. The molecule has 0 amide bonds. The minimum atomic E-state index is -0.547. The van der Waals surface area contributed by atoms with E-state index in [2.05, 4.69) is 0 Å². The quantitative estimate of drug-likeness (QED) is 0.754. The normalized spacial score (nSPS) is 12.2. The van der Waals surface area contributed by atoms with E-state index in [1.807, 2.05) is 0 Å². The molecule has 100 valence electrons. The second kappa shape index (κ2) is 7.08. The molecule has 0 radical (unpaired) electrons. The maximum absolute atomic E-state index is 13.4. The summed E-state index contributed by atoms with van der Waals surface area (Å²) in [5, 5.41) is 0. The number of nitrogens with two attached hydrogens (primary N) is 1. The number of ketones is 1. The lowest BCUT2D eigenvalue weighted by molar-refractivity contribution is 0.0966. The van der Waals surface area contributed by atoms with Gasteiger partial charge in [0.05, 0.1) is 7.11 Å². The number of hydrogen-bond acceptors (Lipinski definition) is 4. The van der Waals surface area contributed by atoms with Gasteiger partial charge >= 0.3 is 0 Å². The van der Waals surface area contributed by atoms with Gasteiger partial charge in [-0.1, -0.05) is 0 Å². The third-order valence-electron chi connectivity index (χ3n) is 2.61. The van der Waals surface area contributed by atoms with Crippen LogP contribution in [0.3, 0.4) is 0 Å². The maximum Gasteiger partial charge on any atom is 0.165 e. The monoisotopic (exact) mass is 255 g/mol. The summed E-state index contributed by atoms with van der Waals surface area (Å²) in [7, 11) is 2.95. The van der Waals surface area contributed by atoms with Crippen LogP contribution < -0.4 is 10.5 Å². The van der Waals surface area contributed by atoms with Gasteiger partial charge in [-0.25, -0.2) is 4.39 Å². The molecule has 0 spiro atoms. The number of carbonyl (C=O) groups excluding carboxylic acids is 1. The molecule has 0 aliphatic heterocycles. The highest BCUT2D eigenvalue weighted by molar-refractivity contribution is 5.96. The molecule has 0 aliphatic carbocycles. The Morgan fingerprint density at radius 1 is 1.44 bits per heavy atom. The molecule has 0 heterocycles. The van der Waals surface area contributed by atoms with Crippen LogP contribution in [-0.2, 0) is 4.74 Å². The number of rotatable bonds is 7. The van der Waals surface area contributed by atoms with Crippen LogP contribution in [0.4, 0.5) is 4.39 Å². The van der Waals surface area contributed by atoms with Gasteiger partial charge in [0.15, 0.2) is 17.3 Å². The van der Waals surface area contributed by atoms with Gasteiger partial charge in [0.25, 0.3) is 0 Å². The van der Waals surface area contributed by atoms with E-state index >= 15 is 0 Å². The molecule has 1 atom stereocenters. The van der Waals surface area contributed by atoms with Crippen LogP contribution in [0.15, 0.2) is 18.2 Å². The van der Waals surface area contributed by atoms with Crippen LogP contribution in [0.1, 0.15) is 23.2 Å². The zero-order valence-corrected chi connectivity index (χ0v) is 10.6. The third kappa shape index (κ3) is 4.09. The van der Waals surface area contributed by atoms with Crippen LogP contribution in [-0.4, -0.2) is 32.7 Å². The first kappa shape index (κ1) is 14.6. The SMILES string of the molecule is COCCC(N)CC(=O)c1ccc(OC)c(F)c1. The van der Waals surface area contributed by atoms with Gasteiger partial charge in [-0.05, 0) is 24.6 Å². The number of carbonyl (C=O) groups is 1. The van der Waals surface area contributed by atoms with E-state index in [-0.39, 0.29) is 24.0 Å². The lowest BCUT2D eigenvalue weighted by atomic mass is 10.0. The van der Waals surface area contributed by atoms with E-state index < -0.39 is 5.82 Å². The van der Waals surface area contributed by atoms with Crippen LogP contribution >= 0.6 is 0 Å². The van der Waals surface area contributed by atoms with E-state index in [9.17, 15) is 9.18 Å². The van der Waals surface area contributed by atoms with E-state index in [4.69, 9.17) is 15.2 Å². The van der Waals surface area contributed by atoms with Gasteiger partial charge in [0.2, 0.25) is 0 Å². The molecule has 1 aromatic carbocycles. The molecule has 4 nitrogen and oxygen atoms in total. The Labute approximate surface area is 106 Å². The minimum Gasteiger partial charge on any atom is -0.494 e. The van der Waals surface area contributed by atoms with Crippen LogP contribution in [0.5, 0.6) is 5.75 Å². The standard InChI is InChI=1S/C13H18FNO3/c1-17-6-5-10(15)8-12(16)9-3-4-13(18-2)11(14)7-9/h3-4,7,10H,5-6,8,15H2,1-2H3. The summed E-state index contributed by atoms with van der Waals surface area (Å²) in [4.78, 5) is 11.8. The molecule has 0 bridgehead atoms. The Hall–Kier alpha value is -1.46. The number of hydrogen-bond donors (Lipinski definition) is 1. The van der Waals surface area contributed by atoms with Crippen molar-refractivity contribution in [3.63, 3.8) is 0 Å². The molecule has 2 N–H and O–H groups in total. The van der Waals surface area contributed by atoms with Crippen molar-refractivity contribution < 1.29 is 18.7 Å². The first-order chi connectivity index (χ1) is 8.58. The molecule has 0 fully saturated rings. The Bertz CT molecular complexity index is 409. The summed E-state index contributed by atoms with van der Waals surface area (Å²) in [5.74, 6) is -0.607. The van der Waals surface area contributed by atoms with Crippen LogP contribution in [0.2, 0.25) is 0 Å². The molecule has 1 unspecified atom stereocenters. The average molecular weight is 255 g/mol. The highest BCUT2D eigenvalue weighted by Gasteiger charge is 2.13. The second-order valence-corrected chi connectivity index (χ2v) is 4.02. The topological polar surface area (TPSA) is 61.5 Å². The lowest BCUT2D eigenvalue weighted by Gasteiger charge is -2.10. The largest absolute Gasteiger partial charge is 0.494 e. The van der Waals surface area contributed by atoms with Gasteiger partial charge in [0.1, 0.15) is 0 Å². The van der Waals surface area contributed by atoms with E-state index in [1.54, 1.807) is 7.11 Å². The van der Waals surface area contributed by atoms with Crippen molar-refractivity contribution in [2.45, 2.75) is 18.9 Å². The number of benzene rings is 1. The summed E-state index contributed by atoms with van der Waals surface area (Å²) >= 11 is 0. The lowest BCUT2D eigenvalue weighted by Crippen LogP contribution is -2.25. The fourth-order valence-corrected chi connectivity index (χ4v) is 1.57. The van der Waals surface area contributed by atoms with Crippen molar-refractivity contribution >= 4 is 5.78 Å². The molecule has 18 heavy (non-hydrogen) atoms. The van der Waals surface area contributed by atoms with E-state index in [0.717, 1.165) is 0 Å². The zero-order valence-electron chi connectivity index (χ0n) is 10.6. The fourth-order valence-electron chi connectivity index (χ4n) is 1.57. The van der Waals surface area contributed by atoms with Crippen molar-refractivity contribution in [1.29, 1.82) is 0 Å². The summed E-state index contributed by atoms with van der Waals surface area (Å²) < 4.78 is 23.1. The summed E-state index contributed by atoms with van der Waals surface area (Å²) in [6.45, 7) is 0.505. The number of halogens is 1. The molecule has 0 saturated heterocycles. The van der Waals surface area contributed by atoms with Gasteiger partial charge in [0, 0.05) is 31.7 Å². The van der Waals surface area contributed by atoms with Crippen LogP contribution in [0, 0.1) is 5.82 Å². The van der Waals surface area contributed by atoms with E-state index in [0.29, 0.717) is 18.6 Å². The average Bonchev–Trinajstić information content (AvgIpc) is 2.36. The molecular weight excluding hydrogens is 237 g/mol. The van der Waals surface area contributed by atoms with Crippen molar-refractivity contribution in [1.82, 2.24) is 0 Å². The third-order valence-corrected chi connectivity index (χ3v) is 2.61. The second-order valence-electron chi connectivity index (χ2n) is 4.02. The first-order valence-corrected chi connectivity index (χ1v) is 5.69. The Morgan fingerprint density at radius 3 is 2.72 bits per heavy atom. The summed E-state index contributed by atoms with van der Waals surface area (Å²) in [5.41, 5.74) is 6.08. The number of Topliss-reactive ketones (excluding diaryl/α,β-unsaturated/α-hetero) is 1. The molecule has 5 heteroatoms. The van der Waals surface area contributed by atoms with Gasteiger partial charge < -0.3 is 15.2 Å². The van der Waals surface area contributed by atoms with Gasteiger partial charge in [-0.2, -0.15) is 0 Å². The molecule has 0 aromatic heterocycles. The molecular formula is C13H18FNO3. The summed E-state index contributed by atoms with van der Waals surface area (Å²) in [6, 6.07) is 3.86. The number of ether oxygens (including phenoxy) is 2. The molecule has 1 rings (SSSR count). The minimum absolute atomic E-state index is 0.121. The zero-order chi connectivity index (χ0) is 13.5. The first-order valence-electron chi connectivity index (χ1n) is 5.69. The van der Waals surface area contributed by atoms with Crippen molar-refractivity contribution in [3.8, 4) is 5.75 Å². The van der Waals surface area contributed by atoms with Gasteiger partial charge in [-0.15, -0.1) is 0 Å². The van der Waals surface area contributed by atoms with Crippen molar-refractivity contribution in [2.24, 2.45) is 5.73 Å². The van der Waals surface area contributed by atoms with Gasteiger partial charge in [-0.3, -0.25) is 4.79 Å². The summed E-state index contributed by atoms with van der Waals surface area (Å²) in [6.07, 6.45) is 0.774. The molecule has 0 saturated carbocycles. The maximum atomic E-state index is 13.4. The Balaban J connectivity index is 2.64. The van der Waals surface area contributed by atoms with Crippen molar-refractivity contribution in [3.05, 3.63) is 29.6 Å². The predicted molar refractivity (Wildman–Crippen MR) is 66.4 cm³/mol. The Morgan fingerprint density at radius 2 is 2.17 bits per heavy atom.